The summed E-state index contributed by atoms with van der Waals surface area (Å²) < 4.78 is 27.9. The summed E-state index contributed by atoms with van der Waals surface area (Å²) >= 11 is 7.64. The molecule has 0 radical (unpaired) electrons. The van der Waals surface area contributed by atoms with Gasteiger partial charge in [0.15, 0.2) is 0 Å². The molecule has 0 spiro atoms. The molecule has 3 heterocycles. The highest BCUT2D eigenvalue weighted by atomic mass is 35.5. The standard InChI is InChI=1S/C22H19ClN4O4S2/c1-13(28)21(16-4-2-3-5-17(16)23)22(29)26-9-14-10-27(25-19(14)11-26)33(30,31)15-6-7-18-20(8-15)32-12-24-18/h2-8,10,12-13,21,28H,9,11H2,1H3/t13-,21+/m0/s1. The molecule has 1 amide bonds. The van der Waals surface area contributed by atoms with Gasteiger partial charge in [0, 0.05) is 23.3 Å². The highest BCUT2D eigenvalue weighted by Crippen LogP contribution is 2.33. The Morgan fingerprint density at radius 2 is 2.00 bits per heavy atom. The first-order chi connectivity index (χ1) is 15.8. The number of hydrogen-bond donors (Lipinski definition) is 1. The Hall–Kier alpha value is -2.79. The third kappa shape index (κ3) is 3.82. The third-order valence-electron chi connectivity index (χ3n) is 5.71. The van der Waals surface area contributed by atoms with E-state index in [1.54, 1.807) is 53.7 Å². The Balaban J connectivity index is 1.40. The minimum Gasteiger partial charge on any atom is -0.392 e. The lowest BCUT2D eigenvalue weighted by Crippen LogP contribution is -2.36. The van der Waals surface area contributed by atoms with Gasteiger partial charge in [0.2, 0.25) is 5.91 Å². The van der Waals surface area contributed by atoms with Crippen LogP contribution in [0.4, 0.5) is 0 Å². The average Bonchev–Trinajstić information content (AvgIpc) is 3.49. The maximum atomic E-state index is 13.3. The Morgan fingerprint density at radius 3 is 2.73 bits per heavy atom. The molecule has 11 heteroatoms. The molecule has 0 fully saturated rings. The maximum Gasteiger partial charge on any atom is 0.283 e. The van der Waals surface area contributed by atoms with E-state index in [1.807, 2.05) is 0 Å². The fourth-order valence-electron chi connectivity index (χ4n) is 4.03. The fourth-order valence-corrected chi connectivity index (χ4v) is 6.27. The molecule has 0 saturated carbocycles. The van der Waals surface area contributed by atoms with Crippen LogP contribution < -0.4 is 0 Å². The number of benzene rings is 2. The van der Waals surface area contributed by atoms with Gasteiger partial charge in [0.1, 0.15) is 0 Å². The number of rotatable bonds is 5. The van der Waals surface area contributed by atoms with Crippen LogP contribution in [0, 0.1) is 0 Å². The summed E-state index contributed by atoms with van der Waals surface area (Å²) in [6.45, 7) is 1.90. The minimum absolute atomic E-state index is 0.126. The van der Waals surface area contributed by atoms with E-state index in [4.69, 9.17) is 11.6 Å². The highest BCUT2D eigenvalue weighted by molar-refractivity contribution is 7.89. The number of halogens is 1. The van der Waals surface area contributed by atoms with Crippen molar-refractivity contribution in [3.8, 4) is 0 Å². The summed E-state index contributed by atoms with van der Waals surface area (Å²) in [5.41, 5.74) is 4.11. The molecule has 33 heavy (non-hydrogen) atoms. The van der Waals surface area contributed by atoms with E-state index in [0.29, 0.717) is 21.8 Å². The van der Waals surface area contributed by atoms with Crippen molar-refractivity contribution in [2.45, 2.75) is 36.9 Å². The molecule has 5 rings (SSSR count). The normalized spacial score (nSPS) is 15.5. The molecule has 4 aromatic rings. The lowest BCUT2D eigenvalue weighted by Gasteiger charge is -2.26. The molecule has 1 N–H and O–H groups in total. The Morgan fingerprint density at radius 1 is 1.21 bits per heavy atom. The van der Waals surface area contributed by atoms with Crippen LogP contribution in [0.2, 0.25) is 5.02 Å². The molecule has 0 bridgehead atoms. The molecule has 170 valence electrons. The van der Waals surface area contributed by atoms with E-state index in [0.717, 1.165) is 14.3 Å². The molecule has 0 aliphatic carbocycles. The van der Waals surface area contributed by atoms with Crippen LogP contribution in [0.3, 0.4) is 0 Å². The number of carbonyl (C=O) groups excluding carboxylic acids is 1. The lowest BCUT2D eigenvalue weighted by molar-refractivity contribution is -0.135. The second-order valence-electron chi connectivity index (χ2n) is 7.89. The topological polar surface area (TPSA) is 105 Å². The predicted octanol–water partition coefficient (Wildman–Crippen LogP) is 3.39. The van der Waals surface area contributed by atoms with E-state index < -0.39 is 22.0 Å². The molecule has 1 aliphatic rings. The average molecular weight is 503 g/mol. The Kier molecular flexibility index (Phi) is 5.48. The van der Waals surface area contributed by atoms with Gasteiger partial charge in [0.05, 0.1) is 44.9 Å². The predicted molar refractivity (Wildman–Crippen MR) is 125 cm³/mol. The summed E-state index contributed by atoms with van der Waals surface area (Å²) in [6.07, 6.45) is 0.495. The van der Waals surface area contributed by atoms with Gasteiger partial charge in [0.25, 0.3) is 10.0 Å². The third-order valence-corrected chi connectivity index (χ3v) is 8.37. The van der Waals surface area contributed by atoms with E-state index in [-0.39, 0.29) is 23.9 Å². The zero-order chi connectivity index (χ0) is 23.3. The monoisotopic (exact) mass is 502 g/mol. The van der Waals surface area contributed by atoms with Gasteiger partial charge < -0.3 is 10.0 Å². The molecule has 0 unspecified atom stereocenters. The quantitative estimate of drug-likeness (QED) is 0.448. The SMILES string of the molecule is C[C@H](O)[C@@H](C(=O)N1Cc2cn(S(=O)(=O)c3ccc4ncsc4c3)nc2C1)c1ccccc1Cl. The Labute approximate surface area is 199 Å². The summed E-state index contributed by atoms with van der Waals surface area (Å²) in [6, 6.07) is 11.7. The van der Waals surface area contributed by atoms with Crippen LogP contribution in [0.25, 0.3) is 10.2 Å². The number of nitrogens with zero attached hydrogens (tertiary/aromatic N) is 4. The van der Waals surface area contributed by atoms with Crippen molar-refractivity contribution in [3.05, 3.63) is 76.0 Å². The van der Waals surface area contributed by atoms with Gasteiger partial charge in [-0.25, -0.2) is 4.98 Å². The zero-order valence-corrected chi connectivity index (χ0v) is 19.8. The van der Waals surface area contributed by atoms with Crippen LogP contribution in [0.1, 0.15) is 29.7 Å². The van der Waals surface area contributed by atoms with Crippen LogP contribution in [-0.4, -0.2) is 44.6 Å². The first-order valence-corrected chi connectivity index (χ1v) is 12.8. The summed E-state index contributed by atoms with van der Waals surface area (Å²) in [7, 11) is -3.88. The molecule has 2 atom stereocenters. The van der Waals surface area contributed by atoms with Crippen LogP contribution in [0.15, 0.2) is 59.1 Å². The number of aromatic nitrogens is 3. The number of amides is 1. The first-order valence-electron chi connectivity index (χ1n) is 10.1. The number of thiazole rings is 1. The van der Waals surface area contributed by atoms with Crippen molar-refractivity contribution < 1.29 is 18.3 Å². The first kappa shape index (κ1) is 22.0. The molecule has 1 aliphatic heterocycles. The number of fused-ring (bicyclic) bond motifs is 2. The van der Waals surface area contributed by atoms with Crippen molar-refractivity contribution >= 4 is 49.1 Å². The van der Waals surface area contributed by atoms with Gasteiger partial charge >= 0.3 is 0 Å². The number of carbonyl (C=O) groups is 1. The van der Waals surface area contributed by atoms with Gasteiger partial charge in [-0.3, -0.25) is 4.79 Å². The maximum absolute atomic E-state index is 13.3. The van der Waals surface area contributed by atoms with Crippen molar-refractivity contribution in [1.29, 1.82) is 0 Å². The van der Waals surface area contributed by atoms with Crippen molar-refractivity contribution in [3.63, 3.8) is 0 Å². The summed E-state index contributed by atoms with van der Waals surface area (Å²) in [4.78, 5) is 19.1. The van der Waals surface area contributed by atoms with E-state index in [2.05, 4.69) is 10.1 Å². The van der Waals surface area contributed by atoms with Crippen molar-refractivity contribution in [2.75, 3.05) is 0 Å². The molecule has 2 aromatic heterocycles. The van der Waals surface area contributed by atoms with Crippen molar-refractivity contribution in [2.24, 2.45) is 0 Å². The lowest BCUT2D eigenvalue weighted by atomic mass is 9.92. The second kappa shape index (κ2) is 8.21. The van der Waals surface area contributed by atoms with Crippen LogP contribution in [-0.2, 0) is 27.9 Å². The van der Waals surface area contributed by atoms with Crippen LogP contribution in [0.5, 0.6) is 0 Å². The van der Waals surface area contributed by atoms with Gasteiger partial charge in [-0.05, 0) is 36.8 Å². The smallest absolute Gasteiger partial charge is 0.283 e. The van der Waals surface area contributed by atoms with Crippen molar-refractivity contribution in [1.82, 2.24) is 19.1 Å². The highest BCUT2D eigenvalue weighted by Gasteiger charge is 2.36. The van der Waals surface area contributed by atoms with E-state index in [1.165, 1.54) is 23.6 Å². The number of aliphatic hydroxyl groups is 1. The second-order valence-corrected chi connectivity index (χ2v) is 11.0. The molecule has 0 saturated heterocycles. The zero-order valence-electron chi connectivity index (χ0n) is 17.4. The number of hydrogen-bond acceptors (Lipinski definition) is 7. The summed E-state index contributed by atoms with van der Waals surface area (Å²) in [5.74, 6) is -1.12. The minimum atomic E-state index is -3.88. The summed E-state index contributed by atoms with van der Waals surface area (Å²) in [5, 5.41) is 15.0. The van der Waals surface area contributed by atoms with Gasteiger partial charge in [-0.2, -0.15) is 17.6 Å². The number of aliphatic hydroxyl groups excluding tert-OH is 1. The van der Waals surface area contributed by atoms with Gasteiger partial charge in [-0.1, -0.05) is 29.8 Å². The molecule has 8 nitrogen and oxygen atoms in total. The molecule has 2 aromatic carbocycles. The van der Waals surface area contributed by atoms with E-state index >= 15 is 0 Å². The fraction of sp³-hybridized carbons (Fsp3) is 0.227. The Bertz CT molecular complexity index is 1460. The van der Waals surface area contributed by atoms with Gasteiger partial charge in [-0.15, -0.1) is 11.3 Å². The van der Waals surface area contributed by atoms with E-state index in [9.17, 15) is 18.3 Å². The molecular formula is C22H19ClN4O4S2. The molecular weight excluding hydrogens is 484 g/mol. The van der Waals surface area contributed by atoms with Crippen LogP contribution >= 0.6 is 22.9 Å². The largest absolute Gasteiger partial charge is 0.392 e.